The fraction of sp³-hybridized carbons (Fsp3) is 0.474. The zero-order chi connectivity index (χ0) is 17.6. The van der Waals surface area contributed by atoms with Gasteiger partial charge in [-0.2, -0.15) is 0 Å². The summed E-state index contributed by atoms with van der Waals surface area (Å²) in [7, 11) is 0. The molecule has 25 heavy (non-hydrogen) atoms. The van der Waals surface area contributed by atoms with Crippen LogP contribution in [0.15, 0.2) is 43.0 Å². The number of carbonyl (C=O) groups excluding carboxylic acids is 1. The van der Waals surface area contributed by atoms with Crippen molar-refractivity contribution in [1.82, 2.24) is 25.2 Å². The molecule has 1 aliphatic heterocycles. The van der Waals surface area contributed by atoms with Gasteiger partial charge in [-0.05, 0) is 30.9 Å². The smallest absolute Gasteiger partial charge is 0.274 e. The largest absolute Gasteiger partial charge is 0.337 e. The maximum absolute atomic E-state index is 12.5. The zero-order valence-electron chi connectivity index (χ0n) is 14.8. The van der Waals surface area contributed by atoms with Gasteiger partial charge in [0.2, 0.25) is 0 Å². The van der Waals surface area contributed by atoms with Gasteiger partial charge >= 0.3 is 0 Å². The molecule has 3 rings (SSSR count). The third-order valence-electron chi connectivity index (χ3n) is 4.65. The van der Waals surface area contributed by atoms with Crippen molar-refractivity contribution in [3.8, 4) is 0 Å². The Bertz CT molecular complexity index is 669. The van der Waals surface area contributed by atoms with Crippen LogP contribution in [0.4, 0.5) is 0 Å². The molecule has 1 saturated heterocycles. The second kappa shape index (κ2) is 8.16. The van der Waals surface area contributed by atoms with Crippen molar-refractivity contribution in [2.75, 3.05) is 13.1 Å². The average molecular weight is 339 g/mol. The topological polar surface area (TPSA) is 71.0 Å². The second-order valence-electron chi connectivity index (χ2n) is 6.80. The third-order valence-corrected chi connectivity index (χ3v) is 4.65. The van der Waals surface area contributed by atoms with Gasteiger partial charge in [0, 0.05) is 37.7 Å². The Morgan fingerprint density at radius 1 is 1.16 bits per heavy atom. The van der Waals surface area contributed by atoms with E-state index in [-0.39, 0.29) is 11.9 Å². The summed E-state index contributed by atoms with van der Waals surface area (Å²) in [6.45, 7) is 5.89. The summed E-state index contributed by atoms with van der Waals surface area (Å²) in [4.78, 5) is 26.9. The SMILES string of the molecule is CC(C)[C@@H](NC1CCN(C(=O)c2cnccn2)CC1)c1ccccn1. The van der Waals surface area contributed by atoms with Crippen LogP contribution in [0.25, 0.3) is 0 Å². The Morgan fingerprint density at radius 2 is 1.96 bits per heavy atom. The van der Waals surface area contributed by atoms with Crippen LogP contribution in [-0.2, 0) is 0 Å². The number of nitrogens with one attached hydrogen (secondary N) is 1. The number of pyridine rings is 1. The van der Waals surface area contributed by atoms with Crippen LogP contribution in [-0.4, -0.2) is 44.9 Å². The first-order valence-electron chi connectivity index (χ1n) is 8.87. The van der Waals surface area contributed by atoms with E-state index >= 15 is 0 Å². The van der Waals surface area contributed by atoms with Gasteiger partial charge in [-0.1, -0.05) is 19.9 Å². The summed E-state index contributed by atoms with van der Waals surface area (Å²) in [6.07, 6.45) is 8.37. The first-order valence-corrected chi connectivity index (χ1v) is 8.87. The van der Waals surface area contributed by atoms with Gasteiger partial charge in [0.1, 0.15) is 5.69 Å². The molecule has 0 saturated carbocycles. The molecule has 1 atom stereocenters. The van der Waals surface area contributed by atoms with E-state index in [0.717, 1.165) is 31.6 Å². The molecular weight excluding hydrogens is 314 g/mol. The monoisotopic (exact) mass is 339 g/mol. The quantitative estimate of drug-likeness (QED) is 0.906. The van der Waals surface area contributed by atoms with Crippen molar-refractivity contribution in [2.24, 2.45) is 5.92 Å². The number of likely N-dealkylation sites (tertiary alicyclic amines) is 1. The summed E-state index contributed by atoms with van der Waals surface area (Å²) in [5, 5.41) is 3.74. The molecule has 6 nitrogen and oxygen atoms in total. The molecule has 3 heterocycles. The molecule has 1 aliphatic rings. The molecule has 1 N–H and O–H groups in total. The summed E-state index contributed by atoms with van der Waals surface area (Å²) in [6, 6.07) is 6.66. The van der Waals surface area contributed by atoms with Gasteiger partial charge in [0.05, 0.1) is 17.9 Å². The first-order chi connectivity index (χ1) is 12.1. The number of carbonyl (C=O) groups is 1. The van der Waals surface area contributed by atoms with Crippen LogP contribution in [0, 0.1) is 5.92 Å². The number of hydrogen-bond acceptors (Lipinski definition) is 5. The van der Waals surface area contributed by atoms with Crippen LogP contribution in [0.1, 0.15) is 48.9 Å². The summed E-state index contributed by atoms with van der Waals surface area (Å²) >= 11 is 0. The number of nitrogens with zero attached hydrogens (tertiary/aromatic N) is 4. The Labute approximate surface area is 148 Å². The lowest BCUT2D eigenvalue weighted by atomic mass is 9.96. The van der Waals surface area contributed by atoms with Gasteiger partial charge in [0.25, 0.3) is 5.91 Å². The maximum Gasteiger partial charge on any atom is 0.274 e. The van der Waals surface area contributed by atoms with E-state index < -0.39 is 0 Å². The third kappa shape index (κ3) is 4.39. The Balaban J connectivity index is 1.57. The van der Waals surface area contributed by atoms with Crippen molar-refractivity contribution < 1.29 is 4.79 Å². The van der Waals surface area contributed by atoms with E-state index in [2.05, 4.69) is 40.2 Å². The molecule has 0 spiro atoms. The highest BCUT2D eigenvalue weighted by Crippen LogP contribution is 2.23. The summed E-state index contributed by atoms with van der Waals surface area (Å²) in [5.74, 6) is 0.422. The van der Waals surface area contributed by atoms with Gasteiger partial charge in [-0.3, -0.25) is 14.8 Å². The highest BCUT2D eigenvalue weighted by molar-refractivity contribution is 5.92. The molecule has 2 aromatic heterocycles. The molecule has 0 unspecified atom stereocenters. The minimum Gasteiger partial charge on any atom is -0.337 e. The van der Waals surface area contributed by atoms with Crippen LogP contribution < -0.4 is 5.32 Å². The number of amides is 1. The predicted molar refractivity (Wildman–Crippen MR) is 95.9 cm³/mol. The number of piperidine rings is 1. The minimum absolute atomic E-state index is 0.0308. The van der Waals surface area contributed by atoms with Crippen LogP contribution in [0.3, 0.4) is 0 Å². The Hall–Kier alpha value is -2.34. The van der Waals surface area contributed by atoms with E-state index in [9.17, 15) is 4.79 Å². The molecule has 0 aromatic carbocycles. The number of rotatable bonds is 5. The average Bonchev–Trinajstić information content (AvgIpc) is 2.67. The molecule has 2 aromatic rings. The molecule has 1 amide bonds. The molecule has 0 radical (unpaired) electrons. The molecule has 0 bridgehead atoms. The lowest BCUT2D eigenvalue weighted by Gasteiger charge is -2.35. The van der Waals surface area contributed by atoms with Crippen LogP contribution in [0.2, 0.25) is 0 Å². The Morgan fingerprint density at radius 3 is 2.56 bits per heavy atom. The van der Waals surface area contributed by atoms with E-state index in [1.165, 1.54) is 6.20 Å². The first kappa shape index (κ1) is 17.5. The fourth-order valence-electron chi connectivity index (χ4n) is 3.25. The number of aromatic nitrogens is 3. The molecule has 0 aliphatic carbocycles. The van der Waals surface area contributed by atoms with E-state index in [4.69, 9.17) is 0 Å². The fourth-order valence-corrected chi connectivity index (χ4v) is 3.25. The van der Waals surface area contributed by atoms with Gasteiger partial charge in [-0.15, -0.1) is 0 Å². The highest BCUT2D eigenvalue weighted by Gasteiger charge is 2.27. The molecule has 6 heteroatoms. The van der Waals surface area contributed by atoms with Crippen molar-refractivity contribution >= 4 is 5.91 Å². The summed E-state index contributed by atoms with van der Waals surface area (Å²) in [5.41, 5.74) is 1.50. The van der Waals surface area contributed by atoms with Crippen molar-refractivity contribution in [2.45, 2.75) is 38.8 Å². The van der Waals surface area contributed by atoms with Crippen molar-refractivity contribution in [1.29, 1.82) is 0 Å². The lowest BCUT2D eigenvalue weighted by Crippen LogP contribution is -2.46. The van der Waals surface area contributed by atoms with Crippen molar-refractivity contribution in [3.05, 3.63) is 54.4 Å². The van der Waals surface area contributed by atoms with Gasteiger partial charge in [0.15, 0.2) is 0 Å². The van der Waals surface area contributed by atoms with Crippen LogP contribution in [0.5, 0.6) is 0 Å². The molecular formula is C19H25N5O. The highest BCUT2D eigenvalue weighted by atomic mass is 16.2. The molecule has 1 fully saturated rings. The normalized spacial score (nSPS) is 16.8. The van der Waals surface area contributed by atoms with Gasteiger partial charge in [-0.25, -0.2) is 4.98 Å². The summed E-state index contributed by atoms with van der Waals surface area (Å²) < 4.78 is 0. The number of hydrogen-bond donors (Lipinski definition) is 1. The predicted octanol–water partition coefficient (Wildman–Crippen LogP) is 2.46. The maximum atomic E-state index is 12.5. The van der Waals surface area contributed by atoms with E-state index in [1.54, 1.807) is 12.4 Å². The standard InChI is InChI=1S/C19H25N5O/c1-14(2)18(16-5-3-4-8-21-16)23-15-6-11-24(12-7-15)19(25)17-13-20-9-10-22-17/h3-5,8-10,13-15,18,23H,6-7,11-12H2,1-2H3/t18-/m1/s1. The Kier molecular flexibility index (Phi) is 5.71. The van der Waals surface area contributed by atoms with E-state index in [1.807, 2.05) is 23.2 Å². The van der Waals surface area contributed by atoms with Crippen molar-refractivity contribution in [3.63, 3.8) is 0 Å². The molecule has 132 valence electrons. The zero-order valence-corrected chi connectivity index (χ0v) is 14.8. The second-order valence-corrected chi connectivity index (χ2v) is 6.80. The lowest BCUT2D eigenvalue weighted by molar-refractivity contribution is 0.0692. The van der Waals surface area contributed by atoms with E-state index in [0.29, 0.717) is 17.7 Å². The van der Waals surface area contributed by atoms with Gasteiger partial charge < -0.3 is 10.2 Å². The minimum atomic E-state index is -0.0308. The van der Waals surface area contributed by atoms with Crippen LogP contribution >= 0.6 is 0 Å².